The van der Waals surface area contributed by atoms with E-state index in [1.807, 2.05) is 0 Å². The molecule has 9 heteroatoms. The topological polar surface area (TPSA) is 73.3 Å². The first-order chi connectivity index (χ1) is 12.9. The Kier molecular flexibility index (Phi) is 5.78. The second kappa shape index (κ2) is 8.24. The lowest BCUT2D eigenvalue weighted by molar-refractivity contribution is -0.274. The van der Waals surface area contributed by atoms with Crippen LogP contribution in [0.15, 0.2) is 42.9 Å². The maximum Gasteiger partial charge on any atom is 0.573 e. The zero-order chi connectivity index (χ0) is 19.3. The highest BCUT2D eigenvalue weighted by molar-refractivity contribution is 5.94. The predicted octanol–water partition coefficient (Wildman–Crippen LogP) is 3.50. The lowest BCUT2D eigenvalue weighted by Gasteiger charge is -2.29. The molecule has 1 N–H and O–H groups in total. The second-order valence-corrected chi connectivity index (χ2v) is 6.18. The Morgan fingerprint density at radius 1 is 1.15 bits per heavy atom. The second-order valence-electron chi connectivity index (χ2n) is 6.18. The molecule has 3 rings (SSSR count). The predicted molar refractivity (Wildman–Crippen MR) is 89.3 cm³/mol. The van der Waals surface area contributed by atoms with Crippen molar-refractivity contribution in [3.05, 3.63) is 48.4 Å². The minimum absolute atomic E-state index is 0.00151. The Labute approximate surface area is 153 Å². The van der Waals surface area contributed by atoms with Gasteiger partial charge in [0.2, 0.25) is 5.88 Å². The number of hydrogen-bond acceptors (Lipinski definition) is 5. The van der Waals surface area contributed by atoms with Crippen molar-refractivity contribution in [2.75, 3.05) is 0 Å². The third-order valence-electron chi connectivity index (χ3n) is 4.17. The molecule has 0 saturated heterocycles. The average molecular weight is 381 g/mol. The van der Waals surface area contributed by atoms with Crippen LogP contribution in [0.2, 0.25) is 0 Å². The van der Waals surface area contributed by atoms with E-state index in [2.05, 4.69) is 20.0 Å². The molecular weight excluding hydrogens is 363 g/mol. The van der Waals surface area contributed by atoms with Gasteiger partial charge < -0.3 is 14.8 Å². The summed E-state index contributed by atoms with van der Waals surface area (Å²) in [6.07, 6.45) is 2.74. The molecule has 1 amide bonds. The average Bonchev–Trinajstić information content (AvgIpc) is 2.63. The number of carbonyl (C=O) groups excluding carboxylic acids is 1. The number of ether oxygens (including phenoxy) is 2. The van der Waals surface area contributed by atoms with Crippen LogP contribution in [0, 0.1) is 0 Å². The lowest BCUT2D eigenvalue weighted by Crippen LogP contribution is -2.39. The van der Waals surface area contributed by atoms with Crippen LogP contribution >= 0.6 is 0 Å². The molecule has 1 aliphatic rings. The molecule has 0 aliphatic heterocycles. The van der Waals surface area contributed by atoms with Crippen LogP contribution in [-0.2, 0) is 0 Å². The minimum atomic E-state index is -4.80. The quantitative estimate of drug-likeness (QED) is 0.858. The summed E-state index contributed by atoms with van der Waals surface area (Å²) in [5.41, 5.74) is 0.120. The molecule has 1 aromatic heterocycles. The van der Waals surface area contributed by atoms with Gasteiger partial charge in [-0.25, -0.2) is 4.98 Å². The maximum absolute atomic E-state index is 12.3. The molecular formula is C18H18F3N3O3. The van der Waals surface area contributed by atoms with E-state index in [9.17, 15) is 18.0 Å². The highest BCUT2D eigenvalue weighted by atomic mass is 19.4. The number of nitrogens with zero attached hydrogens (tertiary/aromatic N) is 2. The molecule has 0 spiro atoms. The Balaban J connectivity index is 1.50. The van der Waals surface area contributed by atoms with Gasteiger partial charge in [0, 0.05) is 24.0 Å². The van der Waals surface area contributed by atoms with Crippen molar-refractivity contribution in [3.63, 3.8) is 0 Å². The van der Waals surface area contributed by atoms with Gasteiger partial charge >= 0.3 is 6.36 Å². The van der Waals surface area contributed by atoms with Gasteiger partial charge in [-0.1, -0.05) is 6.07 Å². The first-order valence-electron chi connectivity index (χ1n) is 8.48. The Morgan fingerprint density at radius 3 is 2.59 bits per heavy atom. The summed E-state index contributed by atoms with van der Waals surface area (Å²) in [7, 11) is 0. The van der Waals surface area contributed by atoms with E-state index in [1.54, 1.807) is 18.6 Å². The number of alkyl halides is 3. The highest BCUT2D eigenvalue weighted by Crippen LogP contribution is 2.25. The van der Waals surface area contributed by atoms with Crippen molar-refractivity contribution in [1.29, 1.82) is 0 Å². The van der Waals surface area contributed by atoms with Crippen LogP contribution in [0.4, 0.5) is 13.2 Å². The van der Waals surface area contributed by atoms with Crippen LogP contribution in [0.25, 0.3) is 0 Å². The van der Waals surface area contributed by atoms with Gasteiger partial charge in [-0.2, -0.15) is 0 Å². The minimum Gasteiger partial charge on any atom is -0.473 e. The van der Waals surface area contributed by atoms with Crippen molar-refractivity contribution in [1.82, 2.24) is 15.3 Å². The zero-order valence-electron chi connectivity index (χ0n) is 14.3. The SMILES string of the molecule is O=C(NC1CCC(Oc2cnccn2)CC1)c1cccc(OC(F)(F)F)c1. The fourth-order valence-electron chi connectivity index (χ4n) is 2.95. The molecule has 144 valence electrons. The summed E-state index contributed by atoms with van der Waals surface area (Å²) in [5, 5.41) is 2.85. The molecule has 1 aliphatic carbocycles. The van der Waals surface area contributed by atoms with Gasteiger partial charge in [-0.05, 0) is 43.9 Å². The van der Waals surface area contributed by atoms with Crippen LogP contribution in [0.1, 0.15) is 36.0 Å². The molecule has 0 bridgehead atoms. The molecule has 1 fully saturated rings. The summed E-state index contributed by atoms with van der Waals surface area (Å²) < 4.78 is 46.5. The third kappa shape index (κ3) is 5.83. The van der Waals surface area contributed by atoms with E-state index >= 15 is 0 Å². The number of hydrogen-bond donors (Lipinski definition) is 1. The molecule has 0 radical (unpaired) electrons. The number of halogens is 3. The Bertz CT molecular complexity index is 763. The molecule has 1 saturated carbocycles. The van der Waals surface area contributed by atoms with Crippen molar-refractivity contribution < 1.29 is 27.4 Å². The Hall–Kier alpha value is -2.84. The van der Waals surface area contributed by atoms with Crippen molar-refractivity contribution in [3.8, 4) is 11.6 Å². The molecule has 0 atom stereocenters. The van der Waals surface area contributed by atoms with Gasteiger partial charge in [0.25, 0.3) is 5.91 Å². The smallest absolute Gasteiger partial charge is 0.473 e. The zero-order valence-corrected chi connectivity index (χ0v) is 14.3. The lowest BCUT2D eigenvalue weighted by atomic mass is 9.92. The fourth-order valence-corrected chi connectivity index (χ4v) is 2.95. The molecule has 6 nitrogen and oxygen atoms in total. The van der Waals surface area contributed by atoms with Gasteiger partial charge in [0.05, 0.1) is 6.20 Å². The van der Waals surface area contributed by atoms with Crippen molar-refractivity contribution >= 4 is 5.91 Å². The third-order valence-corrected chi connectivity index (χ3v) is 4.17. The molecule has 1 aromatic carbocycles. The maximum atomic E-state index is 12.3. The standard InChI is InChI=1S/C18H18F3N3O3/c19-18(20,21)27-15-3-1-2-12(10-15)17(25)24-13-4-6-14(7-5-13)26-16-11-22-8-9-23-16/h1-3,8-11,13-14H,4-7H2,(H,24,25). The first-order valence-corrected chi connectivity index (χ1v) is 8.48. The number of rotatable bonds is 5. The van der Waals surface area contributed by atoms with E-state index in [1.165, 1.54) is 12.1 Å². The summed E-state index contributed by atoms with van der Waals surface area (Å²) in [6, 6.07) is 4.96. The number of nitrogens with one attached hydrogen (secondary N) is 1. The molecule has 1 heterocycles. The normalized spacial score (nSPS) is 20.0. The van der Waals surface area contributed by atoms with E-state index in [-0.39, 0.29) is 17.7 Å². The van der Waals surface area contributed by atoms with Crippen molar-refractivity contribution in [2.45, 2.75) is 44.2 Å². The van der Waals surface area contributed by atoms with E-state index in [0.29, 0.717) is 18.7 Å². The van der Waals surface area contributed by atoms with Gasteiger partial charge in [-0.3, -0.25) is 9.78 Å². The summed E-state index contributed by atoms with van der Waals surface area (Å²) in [5.74, 6) is -0.386. The largest absolute Gasteiger partial charge is 0.573 e. The van der Waals surface area contributed by atoms with E-state index < -0.39 is 18.0 Å². The van der Waals surface area contributed by atoms with Crippen LogP contribution < -0.4 is 14.8 Å². The first kappa shape index (κ1) is 18.9. The highest BCUT2D eigenvalue weighted by Gasteiger charge is 2.31. The fraction of sp³-hybridized carbons (Fsp3) is 0.389. The molecule has 0 unspecified atom stereocenters. The number of aromatic nitrogens is 2. The van der Waals surface area contributed by atoms with Gasteiger partial charge in [0.1, 0.15) is 11.9 Å². The van der Waals surface area contributed by atoms with Gasteiger partial charge in [0.15, 0.2) is 0 Å². The van der Waals surface area contributed by atoms with Crippen LogP contribution in [-0.4, -0.2) is 34.4 Å². The number of carbonyl (C=O) groups is 1. The number of amides is 1. The van der Waals surface area contributed by atoms with E-state index in [4.69, 9.17) is 4.74 Å². The Morgan fingerprint density at radius 2 is 1.93 bits per heavy atom. The molecule has 27 heavy (non-hydrogen) atoms. The van der Waals surface area contributed by atoms with Gasteiger partial charge in [-0.15, -0.1) is 13.2 Å². The van der Waals surface area contributed by atoms with Crippen LogP contribution in [0.5, 0.6) is 11.6 Å². The summed E-state index contributed by atoms with van der Waals surface area (Å²) in [6.45, 7) is 0. The van der Waals surface area contributed by atoms with E-state index in [0.717, 1.165) is 25.0 Å². The summed E-state index contributed by atoms with van der Waals surface area (Å²) in [4.78, 5) is 20.3. The summed E-state index contributed by atoms with van der Waals surface area (Å²) >= 11 is 0. The van der Waals surface area contributed by atoms with Crippen molar-refractivity contribution in [2.24, 2.45) is 0 Å². The molecule has 2 aromatic rings. The van der Waals surface area contributed by atoms with Crippen LogP contribution in [0.3, 0.4) is 0 Å². The number of benzene rings is 1. The monoisotopic (exact) mass is 381 g/mol.